The highest BCUT2D eigenvalue weighted by Gasteiger charge is 2.64. The second-order valence-corrected chi connectivity index (χ2v) is 12.9. The van der Waals surface area contributed by atoms with Gasteiger partial charge in [0.2, 0.25) is 5.72 Å². The predicted molar refractivity (Wildman–Crippen MR) is 170 cm³/mol. The van der Waals surface area contributed by atoms with E-state index in [2.05, 4.69) is 30.8 Å². The molecule has 3 aromatic heterocycles. The van der Waals surface area contributed by atoms with Crippen LogP contribution in [0.3, 0.4) is 0 Å². The van der Waals surface area contributed by atoms with E-state index in [-0.39, 0.29) is 59.5 Å². The molecule has 18 heteroatoms. The molecule has 4 heterocycles. The van der Waals surface area contributed by atoms with E-state index < -0.39 is 42.1 Å². The number of methoxy groups -OCH3 is 3. The zero-order valence-corrected chi connectivity index (χ0v) is 27.9. The number of alkyl halides is 3. The average molecular weight is 719 g/mol. The Morgan fingerprint density at radius 1 is 0.960 bits per heavy atom. The van der Waals surface area contributed by atoms with E-state index in [0.717, 1.165) is 22.5 Å². The maximum Gasteiger partial charge on any atom is 0.393 e. The van der Waals surface area contributed by atoms with E-state index in [0.29, 0.717) is 23.4 Å². The minimum absolute atomic E-state index is 0.0205. The Kier molecular flexibility index (Phi) is 9.80. The molecule has 1 saturated carbocycles. The van der Waals surface area contributed by atoms with Crippen molar-refractivity contribution in [1.29, 1.82) is 0 Å². The first-order chi connectivity index (χ1) is 23.8. The maximum atomic E-state index is 13.2. The fraction of sp³-hybridized carbons (Fsp3) is 0.438. The lowest BCUT2D eigenvalue weighted by atomic mass is 10.0. The number of carbonyl (C=O) groups excluding carboxylic acids is 2. The molecule has 1 aromatic carbocycles. The van der Waals surface area contributed by atoms with Gasteiger partial charge in [-0.05, 0) is 11.6 Å². The molecule has 14 nitrogen and oxygen atoms in total. The van der Waals surface area contributed by atoms with Crippen LogP contribution in [0.5, 0.6) is 17.6 Å². The number of thiophene rings is 1. The van der Waals surface area contributed by atoms with E-state index in [1.165, 1.54) is 27.4 Å². The molecule has 0 radical (unpaired) electrons. The predicted octanol–water partition coefficient (Wildman–Crippen LogP) is 3.59. The van der Waals surface area contributed by atoms with Gasteiger partial charge in [0.05, 0.1) is 52.0 Å². The number of aliphatic hydroxyl groups is 1. The molecule has 0 amide bonds. The summed E-state index contributed by atoms with van der Waals surface area (Å²) >= 11 is 0.850. The van der Waals surface area contributed by atoms with Crippen molar-refractivity contribution in [3.63, 3.8) is 0 Å². The van der Waals surface area contributed by atoms with Crippen LogP contribution in [0.15, 0.2) is 36.4 Å². The van der Waals surface area contributed by atoms with Crippen molar-refractivity contribution in [3.8, 4) is 28.9 Å². The molecular formula is C32H33F3N6O8S. The van der Waals surface area contributed by atoms with Gasteiger partial charge >= 0.3 is 24.1 Å². The number of ether oxygens (including phenoxy) is 5. The van der Waals surface area contributed by atoms with Crippen LogP contribution in [0, 0.1) is 0 Å². The number of rotatable bonds is 11. The van der Waals surface area contributed by atoms with Gasteiger partial charge in [-0.25, -0.2) is 0 Å². The zero-order valence-electron chi connectivity index (χ0n) is 27.1. The van der Waals surface area contributed by atoms with Crippen molar-refractivity contribution in [2.45, 2.75) is 68.9 Å². The Bertz CT molecular complexity index is 1890. The van der Waals surface area contributed by atoms with Crippen LogP contribution in [-0.4, -0.2) is 82.3 Å². The molecule has 1 saturated heterocycles. The molecule has 3 N–H and O–H groups in total. The molecule has 1 aliphatic heterocycles. The number of esters is 2. The van der Waals surface area contributed by atoms with Crippen molar-refractivity contribution in [3.05, 3.63) is 52.5 Å². The number of nitrogens with zero attached hydrogens (tertiary/aromatic N) is 4. The van der Waals surface area contributed by atoms with E-state index in [4.69, 9.17) is 23.7 Å². The summed E-state index contributed by atoms with van der Waals surface area (Å²) in [6, 6.07) is 9.92. The molecule has 0 bridgehead atoms. The molecule has 266 valence electrons. The molecule has 50 heavy (non-hydrogen) atoms. The number of nitrogens with one attached hydrogen (secondary N) is 2. The highest BCUT2D eigenvalue weighted by molar-refractivity contribution is 7.18. The van der Waals surface area contributed by atoms with Gasteiger partial charge in [-0.15, -0.1) is 21.5 Å². The third-order valence-corrected chi connectivity index (χ3v) is 9.41. The standard InChI is InChI=1S/C32H33F3N6O8S/c1-45-24-11-22(40-41-27(24)46-2)18-6-4-17(5-7-18)15-36-19-12-30(31(44,13-19)49-26(43)9-8-25(42)48-30)37-16-23-21-10-20(14-32(33,34)35)50-28(21)39-29(38-23)47-3/h4-7,10-11,19,36-37,44H,8-9,12-16H2,1-3H3/t19-,30+,31-/m1/s1. The van der Waals surface area contributed by atoms with Crippen molar-refractivity contribution >= 4 is 33.5 Å². The van der Waals surface area contributed by atoms with Gasteiger partial charge in [0.15, 0.2) is 5.75 Å². The van der Waals surface area contributed by atoms with E-state index in [1.807, 2.05) is 24.3 Å². The molecule has 2 fully saturated rings. The van der Waals surface area contributed by atoms with Gasteiger partial charge in [-0.2, -0.15) is 23.1 Å². The largest absolute Gasteiger partial charge is 0.491 e. The highest BCUT2D eigenvalue weighted by atomic mass is 32.1. The van der Waals surface area contributed by atoms with Gasteiger partial charge in [-0.1, -0.05) is 24.3 Å². The van der Waals surface area contributed by atoms with Crippen LogP contribution in [0.2, 0.25) is 0 Å². The second kappa shape index (κ2) is 13.9. The Morgan fingerprint density at radius 2 is 1.70 bits per heavy atom. The molecule has 1 aliphatic carbocycles. The first-order valence-electron chi connectivity index (χ1n) is 15.4. The summed E-state index contributed by atoms with van der Waals surface area (Å²) < 4.78 is 66.6. The van der Waals surface area contributed by atoms with Crippen LogP contribution in [-0.2, 0) is 38.6 Å². The number of hydrogen-bond donors (Lipinski definition) is 3. The number of hydrogen-bond acceptors (Lipinski definition) is 15. The van der Waals surface area contributed by atoms with Crippen LogP contribution in [0.4, 0.5) is 13.2 Å². The van der Waals surface area contributed by atoms with Crippen LogP contribution in [0.1, 0.15) is 41.8 Å². The Hall–Kier alpha value is -4.65. The van der Waals surface area contributed by atoms with Gasteiger partial charge in [0, 0.05) is 53.9 Å². The molecule has 2 aliphatic rings. The third kappa shape index (κ3) is 7.42. The summed E-state index contributed by atoms with van der Waals surface area (Å²) in [5.74, 6) is -3.12. The van der Waals surface area contributed by atoms with Crippen LogP contribution < -0.4 is 24.8 Å². The Morgan fingerprint density at radius 3 is 2.38 bits per heavy atom. The third-order valence-electron chi connectivity index (χ3n) is 8.38. The summed E-state index contributed by atoms with van der Waals surface area (Å²) in [6.45, 7) is 0.120. The minimum Gasteiger partial charge on any atom is -0.491 e. The lowest BCUT2D eigenvalue weighted by Gasteiger charge is -2.41. The first kappa shape index (κ1) is 35.2. The topological polar surface area (TPSA) is 176 Å². The van der Waals surface area contributed by atoms with Gasteiger partial charge in [0.25, 0.3) is 11.7 Å². The lowest BCUT2D eigenvalue weighted by molar-refractivity contribution is -0.292. The molecular weight excluding hydrogens is 685 g/mol. The maximum absolute atomic E-state index is 13.2. The van der Waals surface area contributed by atoms with E-state index >= 15 is 0 Å². The highest BCUT2D eigenvalue weighted by Crippen LogP contribution is 2.44. The average Bonchev–Trinajstić information content (AvgIpc) is 3.60. The molecule has 6 rings (SSSR count). The van der Waals surface area contributed by atoms with Crippen LogP contribution in [0.25, 0.3) is 21.5 Å². The molecule has 0 spiro atoms. The summed E-state index contributed by atoms with van der Waals surface area (Å²) in [7, 11) is 4.30. The van der Waals surface area contributed by atoms with Gasteiger partial charge in [-0.3, -0.25) is 14.9 Å². The Balaban J connectivity index is 1.22. The summed E-state index contributed by atoms with van der Waals surface area (Å²) in [5, 5.41) is 26.8. The van der Waals surface area contributed by atoms with Crippen molar-refractivity contribution in [2.75, 3.05) is 21.3 Å². The van der Waals surface area contributed by atoms with Gasteiger partial charge in [0.1, 0.15) is 4.83 Å². The van der Waals surface area contributed by atoms with Crippen LogP contribution >= 0.6 is 11.3 Å². The smallest absolute Gasteiger partial charge is 0.393 e. The monoisotopic (exact) mass is 718 g/mol. The van der Waals surface area contributed by atoms with Crippen molar-refractivity contribution < 1.29 is 51.6 Å². The molecule has 0 unspecified atom stereocenters. The summed E-state index contributed by atoms with van der Waals surface area (Å²) in [5.41, 5.74) is 0.531. The number of fused-ring (bicyclic) bond motifs is 2. The summed E-state index contributed by atoms with van der Waals surface area (Å²) in [4.78, 5) is 34.3. The second-order valence-electron chi connectivity index (χ2n) is 11.8. The number of halogens is 3. The molecule has 4 aromatic rings. The van der Waals surface area contributed by atoms with Crippen molar-refractivity contribution in [2.24, 2.45) is 0 Å². The SMILES string of the molecule is COc1nc(CN[C@]23C[C@@H](NCc4ccc(-c5cc(OC)c(OC)nn5)cc4)C[C@@]2(O)OC(=O)CCC(=O)O3)c2cc(CC(F)(F)F)sc2n1. The van der Waals surface area contributed by atoms with E-state index in [1.54, 1.807) is 6.07 Å². The quantitative estimate of drug-likeness (QED) is 0.192. The number of benzene rings is 1. The zero-order chi connectivity index (χ0) is 35.7. The van der Waals surface area contributed by atoms with Crippen molar-refractivity contribution in [1.82, 2.24) is 30.8 Å². The fourth-order valence-corrected chi connectivity index (χ4v) is 7.07. The Labute approximate surface area is 287 Å². The fourth-order valence-electron chi connectivity index (χ4n) is 6.00. The number of carbonyl (C=O) groups is 2. The first-order valence-corrected chi connectivity index (χ1v) is 16.2. The van der Waals surface area contributed by atoms with Gasteiger partial charge < -0.3 is 34.1 Å². The normalized spacial score (nSPS) is 22.3. The minimum atomic E-state index is -4.43. The molecule has 3 atom stereocenters. The summed E-state index contributed by atoms with van der Waals surface area (Å²) in [6.07, 6.45) is -6.32. The van der Waals surface area contributed by atoms with E-state index in [9.17, 15) is 27.9 Å². The lowest BCUT2D eigenvalue weighted by Crippen LogP contribution is -2.64. The number of aromatic nitrogens is 4.